The number of fused-ring (bicyclic) bond motifs is 1. The van der Waals surface area contributed by atoms with Crippen molar-refractivity contribution in [1.82, 2.24) is 4.90 Å². The van der Waals surface area contributed by atoms with Crippen molar-refractivity contribution in [3.05, 3.63) is 35.4 Å². The molecule has 0 amide bonds. The largest absolute Gasteiger partial charge is 0.294 e. The normalized spacial score (nSPS) is 22.8. The van der Waals surface area contributed by atoms with Gasteiger partial charge < -0.3 is 0 Å². The number of hydrogen-bond acceptors (Lipinski definition) is 2. The van der Waals surface area contributed by atoms with Crippen LogP contribution in [-0.2, 0) is 13.1 Å². The molecule has 0 aromatic heterocycles. The molecule has 2 heteroatoms. The second-order valence-electron chi connectivity index (χ2n) is 5.43. The summed E-state index contributed by atoms with van der Waals surface area (Å²) < 4.78 is 0. The van der Waals surface area contributed by atoms with Crippen molar-refractivity contribution in [3.8, 4) is 0 Å². The molecule has 1 aliphatic carbocycles. The summed E-state index contributed by atoms with van der Waals surface area (Å²) in [5.41, 5.74) is 3.58. The van der Waals surface area contributed by atoms with Crippen molar-refractivity contribution < 1.29 is 0 Å². The number of hydrogen-bond donors (Lipinski definition) is 1. The first-order valence-electron chi connectivity index (χ1n) is 6.21. The molecule has 0 bridgehead atoms. The van der Waals surface area contributed by atoms with E-state index in [2.05, 4.69) is 41.8 Å². The maximum absolute atomic E-state index is 4.54. The maximum Gasteiger partial charge on any atom is 0.0240 e. The second kappa shape index (κ2) is 4.08. The predicted molar refractivity (Wildman–Crippen MR) is 70.7 cm³/mol. The lowest BCUT2D eigenvalue weighted by Gasteiger charge is -2.43. The Hall–Kier alpha value is -0.470. The van der Waals surface area contributed by atoms with E-state index in [1.165, 1.54) is 36.9 Å². The molecule has 0 saturated heterocycles. The number of nitrogens with zero attached hydrogens (tertiary/aromatic N) is 1. The van der Waals surface area contributed by atoms with Crippen LogP contribution in [0.1, 0.15) is 30.4 Å². The molecule has 86 valence electrons. The summed E-state index contributed by atoms with van der Waals surface area (Å²) in [5, 5.41) is 0. The highest BCUT2D eigenvalue weighted by molar-refractivity contribution is 7.80. The average molecular weight is 233 g/mol. The molecule has 0 N–H and O–H groups in total. The lowest BCUT2D eigenvalue weighted by Crippen LogP contribution is -2.41. The molecule has 0 unspecified atom stereocenters. The minimum atomic E-state index is 0.533. The highest BCUT2D eigenvalue weighted by atomic mass is 32.1. The van der Waals surface area contributed by atoms with E-state index in [4.69, 9.17) is 0 Å². The molecule has 0 atom stereocenters. The van der Waals surface area contributed by atoms with Gasteiger partial charge in [-0.05, 0) is 35.1 Å². The highest BCUT2D eigenvalue weighted by Crippen LogP contribution is 2.43. The van der Waals surface area contributed by atoms with Crippen LogP contribution in [0.15, 0.2) is 24.3 Å². The van der Waals surface area contributed by atoms with Gasteiger partial charge in [0.25, 0.3) is 0 Å². The van der Waals surface area contributed by atoms with Crippen molar-refractivity contribution in [3.63, 3.8) is 0 Å². The minimum absolute atomic E-state index is 0.533. The Morgan fingerprint density at radius 2 is 1.75 bits per heavy atom. The summed E-state index contributed by atoms with van der Waals surface area (Å²) in [6.07, 6.45) is 4.16. The molecule has 0 radical (unpaired) electrons. The van der Waals surface area contributed by atoms with Crippen LogP contribution in [0.3, 0.4) is 0 Å². The van der Waals surface area contributed by atoms with E-state index < -0.39 is 0 Å². The van der Waals surface area contributed by atoms with Gasteiger partial charge in [0.2, 0.25) is 0 Å². The zero-order valence-corrected chi connectivity index (χ0v) is 10.5. The van der Waals surface area contributed by atoms with Gasteiger partial charge in [0.1, 0.15) is 0 Å². The molecule has 1 fully saturated rings. The minimum Gasteiger partial charge on any atom is -0.294 e. The van der Waals surface area contributed by atoms with Crippen LogP contribution < -0.4 is 0 Å². The lowest BCUT2D eigenvalue weighted by molar-refractivity contribution is 0.0891. The third-order valence-electron chi connectivity index (χ3n) is 4.21. The van der Waals surface area contributed by atoms with E-state index in [-0.39, 0.29) is 0 Å². The zero-order chi connectivity index (χ0) is 11.0. The maximum atomic E-state index is 4.54. The molecule has 1 aromatic rings. The molecule has 1 saturated carbocycles. The first-order chi connectivity index (χ1) is 7.81. The van der Waals surface area contributed by atoms with Gasteiger partial charge >= 0.3 is 0 Å². The summed E-state index contributed by atoms with van der Waals surface area (Å²) in [4.78, 5) is 2.60. The van der Waals surface area contributed by atoms with Crippen LogP contribution in [0, 0.1) is 5.41 Å². The molecule has 3 rings (SSSR count). The molecular formula is C14H19NS. The molecule has 1 aromatic carbocycles. The van der Waals surface area contributed by atoms with Crippen LogP contribution in [0.4, 0.5) is 0 Å². The topological polar surface area (TPSA) is 3.24 Å². The standard InChI is InChI=1S/C14H19NS/c16-11-14(6-3-7-14)10-15-8-12-4-1-2-5-13(12)9-15/h1-2,4-5,16H,3,6-11H2. The van der Waals surface area contributed by atoms with Crippen molar-refractivity contribution >= 4 is 12.6 Å². The molecule has 0 spiro atoms. The second-order valence-corrected chi connectivity index (χ2v) is 5.74. The number of benzene rings is 1. The first-order valence-corrected chi connectivity index (χ1v) is 6.85. The van der Waals surface area contributed by atoms with Crippen molar-refractivity contribution in [1.29, 1.82) is 0 Å². The Bertz CT molecular complexity index is 354. The summed E-state index contributed by atoms with van der Waals surface area (Å²) in [6, 6.07) is 8.84. The van der Waals surface area contributed by atoms with Crippen molar-refractivity contribution in [2.24, 2.45) is 5.41 Å². The third kappa shape index (κ3) is 1.78. The van der Waals surface area contributed by atoms with Gasteiger partial charge in [-0.25, -0.2) is 0 Å². The van der Waals surface area contributed by atoms with Crippen LogP contribution >= 0.6 is 12.6 Å². The molecule has 1 nitrogen and oxygen atoms in total. The van der Waals surface area contributed by atoms with Gasteiger partial charge in [0.15, 0.2) is 0 Å². The number of rotatable bonds is 3. The monoisotopic (exact) mass is 233 g/mol. The average Bonchev–Trinajstić information content (AvgIpc) is 2.65. The van der Waals surface area contributed by atoms with Gasteiger partial charge in [-0.15, -0.1) is 0 Å². The van der Waals surface area contributed by atoms with E-state index in [1.807, 2.05) is 0 Å². The van der Waals surface area contributed by atoms with Gasteiger partial charge in [-0.3, -0.25) is 4.90 Å². The summed E-state index contributed by atoms with van der Waals surface area (Å²) in [6.45, 7) is 3.53. The van der Waals surface area contributed by atoms with Gasteiger partial charge in [0, 0.05) is 19.6 Å². The first kappa shape index (κ1) is 10.7. The third-order valence-corrected chi connectivity index (χ3v) is 4.89. The van der Waals surface area contributed by atoms with Crippen LogP contribution in [-0.4, -0.2) is 17.2 Å². The summed E-state index contributed by atoms with van der Waals surface area (Å²) in [7, 11) is 0. The lowest BCUT2D eigenvalue weighted by atomic mass is 9.70. The molecule has 1 heterocycles. The Labute approximate surface area is 103 Å². The zero-order valence-electron chi connectivity index (χ0n) is 9.65. The molecular weight excluding hydrogens is 214 g/mol. The fourth-order valence-electron chi connectivity index (χ4n) is 3.03. The van der Waals surface area contributed by atoms with Crippen molar-refractivity contribution in [2.75, 3.05) is 12.3 Å². The van der Waals surface area contributed by atoms with E-state index in [0.29, 0.717) is 5.41 Å². The fraction of sp³-hybridized carbons (Fsp3) is 0.571. The fourth-order valence-corrected chi connectivity index (χ4v) is 3.45. The Morgan fingerprint density at radius 1 is 1.12 bits per heavy atom. The smallest absolute Gasteiger partial charge is 0.0240 e. The Balaban J connectivity index is 1.68. The van der Waals surface area contributed by atoms with E-state index in [9.17, 15) is 0 Å². The SMILES string of the molecule is SCC1(CN2Cc3ccccc3C2)CCC1. The van der Waals surface area contributed by atoms with Gasteiger partial charge in [-0.2, -0.15) is 12.6 Å². The molecule has 2 aliphatic rings. The quantitative estimate of drug-likeness (QED) is 0.785. The van der Waals surface area contributed by atoms with Crippen molar-refractivity contribution in [2.45, 2.75) is 32.4 Å². The molecule has 16 heavy (non-hydrogen) atoms. The highest BCUT2D eigenvalue weighted by Gasteiger charge is 2.38. The van der Waals surface area contributed by atoms with Crippen LogP contribution in [0.5, 0.6) is 0 Å². The Morgan fingerprint density at radius 3 is 2.19 bits per heavy atom. The Kier molecular flexibility index (Phi) is 2.72. The van der Waals surface area contributed by atoms with E-state index >= 15 is 0 Å². The van der Waals surface area contributed by atoms with E-state index in [0.717, 1.165) is 18.8 Å². The van der Waals surface area contributed by atoms with Crippen LogP contribution in [0.2, 0.25) is 0 Å². The summed E-state index contributed by atoms with van der Waals surface area (Å²) >= 11 is 4.54. The van der Waals surface area contributed by atoms with Gasteiger partial charge in [0.05, 0.1) is 0 Å². The molecule has 1 aliphatic heterocycles. The summed E-state index contributed by atoms with van der Waals surface area (Å²) in [5.74, 6) is 1.06. The predicted octanol–water partition coefficient (Wildman–Crippen LogP) is 3.10. The van der Waals surface area contributed by atoms with E-state index in [1.54, 1.807) is 0 Å². The van der Waals surface area contributed by atoms with Crippen LogP contribution in [0.25, 0.3) is 0 Å². The van der Waals surface area contributed by atoms with Gasteiger partial charge in [-0.1, -0.05) is 30.7 Å². The number of thiol groups is 1.